The molecule has 0 aromatic heterocycles. The molecule has 5 heteroatoms. The van der Waals surface area contributed by atoms with E-state index in [1.165, 1.54) is 12.1 Å². The van der Waals surface area contributed by atoms with E-state index in [4.69, 9.17) is 9.94 Å². The van der Waals surface area contributed by atoms with Gasteiger partial charge in [0.15, 0.2) is 0 Å². The number of oxime groups is 1. The number of ether oxygens (including phenoxy) is 1. The number of hydrogen-bond donors (Lipinski definition) is 1. The molecule has 1 heterocycles. The molecule has 78 valence electrons. The molecular formula is C10H8FNO3. The molecular weight excluding hydrogens is 201 g/mol. The van der Waals surface area contributed by atoms with Crippen LogP contribution in [0.15, 0.2) is 23.4 Å². The van der Waals surface area contributed by atoms with E-state index < -0.39 is 11.6 Å². The van der Waals surface area contributed by atoms with Crippen molar-refractivity contribution in [3.05, 3.63) is 29.6 Å². The van der Waals surface area contributed by atoms with Gasteiger partial charge in [-0.25, -0.2) is 4.39 Å². The highest BCUT2D eigenvalue weighted by molar-refractivity contribution is 6.46. The first-order valence-electron chi connectivity index (χ1n) is 4.40. The molecule has 1 aromatic rings. The molecule has 0 saturated carbocycles. The number of nitrogens with zero attached hydrogens (tertiary/aromatic N) is 1. The number of rotatable bonds is 0. The molecule has 0 fully saturated rings. The molecule has 1 aliphatic rings. The summed E-state index contributed by atoms with van der Waals surface area (Å²) >= 11 is 0. The fraction of sp³-hybridized carbons (Fsp3) is 0.200. The van der Waals surface area contributed by atoms with Crippen LogP contribution in [0, 0.1) is 5.82 Å². The largest absolute Gasteiger partial charge is 0.492 e. The minimum absolute atomic E-state index is 0.0145. The van der Waals surface area contributed by atoms with E-state index in [1.807, 2.05) is 0 Å². The van der Waals surface area contributed by atoms with Crippen molar-refractivity contribution in [2.75, 3.05) is 6.61 Å². The number of Topliss-reactive ketones (excluding diaryl/α,β-unsaturated/α-hetero) is 1. The first kappa shape index (κ1) is 9.64. The van der Waals surface area contributed by atoms with Crippen molar-refractivity contribution in [2.24, 2.45) is 5.16 Å². The van der Waals surface area contributed by atoms with Crippen LogP contribution >= 0.6 is 0 Å². The van der Waals surface area contributed by atoms with Gasteiger partial charge < -0.3 is 9.94 Å². The standard InChI is InChI=1S/C10H8FNO3/c11-6-1-2-9-7(5-6)10(13)8(12-14)3-4-15-9/h1-2,5,14H,3-4H2/b12-8-. The Morgan fingerprint density at radius 3 is 3.00 bits per heavy atom. The van der Waals surface area contributed by atoms with E-state index in [-0.39, 0.29) is 24.3 Å². The summed E-state index contributed by atoms with van der Waals surface area (Å²) in [6.07, 6.45) is 0.214. The van der Waals surface area contributed by atoms with Crippen molar-refractivity contribution >= 4 is 11.5 Å². The van der Waals surface area contributed by atoms with Gasteiger partial charge in [-0.15, -0.1) is 0 Å². The zero-order chi connectivity index (χ0) is 10.8. The third-order valence-electron chi connectivity index (χ3n) is 2.17. The third kappa shape index (κ3) is 1.68. The fourth-order valence-electron chi connectivity index (χ4n) is 1.43. The summed E-state index contributed by atoms with van der Waals surface area (Å²) in [7, 11) is 0. The third-order valence-corrected chi connectivity index (χ3v) is 2.17. The van der Waals surface area contributed by atoms with Gasteiger partial charge in [0.2, 0.25) is 5.78 Å². The molecule has 1 aliphatic heterocycles. The molecule has 0 saturated heterocycles. The highest BCUT2D eigenvalue weighted by atomic mass is 19.1. The summed E-state index contributed by atoms with van der Waals surface area (Å²) in [5.41, 5.74) is 0.0830. The molecule has 0 amide bonds. The molecule has 4 nitrogen and oxygen atoms in total. The van der Waals surface area contributed by atoms with Crippen molar-refractivity contribution in [3.8, 4) is 5.75 Å². The summed E-state index contributed by atoms with van der Waals surface area (Å²) in [5, 5.41) is 11.5. The van der Waals surface area contributed by atoms with E-state index in [0.29, 0.717) is 5.75 Å². The SMILES string of the molecule is O=C1/C(=N\O)CCOc2ccc(F)cc21. The van der Waals surface area contributed by atoms with E-state index >= 15 is 0 Å². The number of ketones is 1. The molecule has 0 spiro atoms. The van der Waals surface area contributed by atoms with Crippen LogP contribution in [0.1, 0.15) is 16.8 Å². The van der Waals surface area contributed by atoms with Crippen molar-refractivity contribution in [1.29, 1.82) is 0 Å². The van der Waals surface area contributed by atoms with Crippen molar-refractivity contribution in [1.82, 2.24) is 0 Å². The Kier molecular flexibility index (Phi) is 2.37. The van der Waals surface area contributed by atoms with Crippen LogP contribution < -0.4 is 4.74 Å². The molecule has 0 atom stereocenters. The Labute approximate surface area is 85.0 Å². The molecule has 0 unspecified atom stereocenters. The van der Waals surface area contributed by atoms with Gasteiger partial charge in [0.1, 0.15) is 17.3 Å². The predicted octanol–water partition coefficient (Wildman–Crippen LogP) is 1.62. The smallest absolute Gasteiger partial charge is 0.214 e. The van der Waals surface area contributed by atoms with Crippen LogP contribution in [0.4, 0.5) is 4.39 Å². The Balaban J connectivity index is 2.54. The average Bonchev–Trinajstić information content (AvgIpc) is 2.39. The van der Waals surface area contributed by atoms with Crippen molar-refractivity contribution in [2.45, 2.75) is 6.42 Å². The Morgan fingerprint density at radius 1 is 1.47 bits per heavy atom. The van der Waals surface area contributed by atoms with Crippen LogP contribution in [0.2, 0.25) is 0 Å². The molecule has 0 bridgehead atoms. The van der Waals surface area contributed by atoms with Crippen LogP contribution in [0.25, 0.3) is 0 Å². The first-order valence-corrected chi connectivity index (χ1v) is 4.40. The Bertz CT molecular complexity index is 442. The maximum atomic E-state index is 12.9. The average molecular weight is 209 g/mol. The van der Waals surface area contributed by atoms with Crippen LogP contribution in [0.3, 0.4) is 0 Å². The van der Waals surface area contributed by atoms with Gasteiger partial charge in [-0.3, -0.25) is 4.79 Å². The number of halogens is 1. The zero-order valence-corrected chi connectivity index (χ0v) is 7.74. The van der Waals surface area contributed by atoms with E-state index in [0.717, 1.165) is 6.07 Å². The Hall–Kier alpha value is -1.91. The van der Waals surface area contributed by atoms with E-state index in [2.05, 4.69) is 5.16 Å². The summed E-state index contributed by atoms with van der Waals surface area (Å²) < 4.78 is 18.1. The predicted molar refractivity (Wildman–Crippen MR) is 50.1 cm³/mol. The Morgan fingerprint density at radius 2 is 2.27 bits per heavy atom. The normalized spacial score (nSPS) is 18.2. The van der Waals surface area contributed by atoms with Gasteiger partial charge >= 0.3 is 0 Å². The van der Waals surface area contributed by atoms with E-state index in [1.54, 1.807) is 0 Å². The first-order chi connectivity index (χ1) is 7.22. The number of benzene rings is 1. The highest BCUT2D eigenvalue weighted by Gasteiger charge is 2.23. The van der Waals surface area contributed by atoms with E-state index in [9.17, 15) is 9.18 Å². The zero-order valence-electron chi connectivity index (χ0n) is 7.74. The minimum Gasteiger partial charge on any atom is -0.492 e. The monoisotopic (exact) mass is 209 g/mol. The van der Waals surface area contributed by atoms with Gasteiger partial charge in [0.25, 0.3) is 0 Å². The summed E-state index contributed by atoms with van der Waals surface area (Å²) in [5.74, 6) is -0.700. The van der Waals surface area contributed by atoms with Gasteiger partial charge in [0.05, 0.1) is 12.2 Å². The van der Waals surface area contributed by atoms with Gasteiger partial charge in [-0.05, 0) is 18.2 Å². The lowest BCUT2D eigenvalue weighted by Gasteiger charge is -2.04. The maximum absolute atomic E-state index is 12.9. The summed E-state index contributed by atoms with van der Waals surface area (Å²) in [4.78, 5) is 11.7. The van der Waals surface area contributed by atoms with Crippen molar-refractivity contribution in [3.63, 3.8) is 0 Å². The van der Waals surface area contributed by atoms with Crippen LogP contribution in [-0.4, -0.2) is 23.3 Å². The van der Waals surface area contributed by atoms with Crippen LogP contribution in [-0.2, 0) is 0 Å². The molecule has 0 aliphatic carbocycles. The number of hydrogen-bond acceptors (Lipinski definition) is 4. The molecule has 1 aromatic carbocycles. The summed E-state index contributed by atoms with van der Waals surface area (Å²) in [6.45, 7) is 0.240. The van der Waals surface area contributed by atoms with Crippen molar-refractivity contribution < 1.29 is 19.1 Å². The molecule has 2 rings (SSSR count). The second-order valence-electron chi connectivity index (χ2n) is 3.11. The van der Waals surface area contributed by atoms with Gasteiger partial charge in [0, 0.05) is 6.42 Å². The van der Waals surface area contributed by atoms with Gasteiger partial charge in [-0.2, -0.15) is 0 Å². The topological polar surface area (TPSA) is 58.9 Å². The second-order valence-corrected chi connectivity index (χ2v) is 3.11. The lowest BCUT2D eigenvalue weighted by molar-refractivity contribution is 0.106. The van der Waals surface area contributed by atoms with Gasteiger partial charge in [-0.1, -0.05) is 5.16 Å². The number of fused-ring (bicyclic) bond motifs is 1. The molecule has 0 radical (unpaired) electrons. The number of carbonyl (C=O) groups excluding carboxylic acids is 1. The number of carbonyl (C=O) groups is 1. The highest BCUT2D eigenvalue weighted by Crippen LogP contribution is 2.23. The minimum atomic E-state index is -0.523. The molecule has 15 heavy (non-hydrogen) atoms. The van der Waals surface area contributed by atoms with Crippen LogP contribution in [0.5, 0.6) is 5.75 Å². The fourth-order valence-corrected chi connectivity index (χ4v) is 1.43. The lowest BCUT2D eigenvalue weighted by Crippen LogP contribution is -2.13. The maximum Gasteiger partial charge on any atom is 0.214 e. The molecule has 1 N–H and O–H groups in total. The lowest BCUT2D eigenvalue weighted by atomic mass is 10.1. The second kappa shape index (κ2) is 3.68. The summed E-state index contributed by atoms with van der Waals surface area (Å²) in [6, 6.07) is 3.68. The quantitative estimate of drug-likeness (QED) is 0.521.